The van der Waals surface area contributed by atoms with Crippen LogP contribution in [0.1, 0.15) is 51.5 Å². The predicted molar refractivity (Wildman–Crippen MR) is 144 cm³/mol. The molecule has 0 radical (unpaired) electrons. The third-order valence-electron chi connectivity index (χ3n) is 9.43. The topological polar surface area (TPSA) is 86.3 Å². The largest absolute Gasteiger partial charge is 0.496 e. The van der Waals surface area contributed by atoms with Gasteiger partial charge in [0.2, 0.25) is 5.91 Å². The van der Waals surface area contributed by atoms with Crippen LogP contribution in [0, 0.1) is 22.7 Å². The lowest BCUT2D eigenvalue weighted by Crippen LogP contribution is -2.63. The van der Waals surface area contributed by atoms with Gasteiger partial charge in [0.05, 0.1) is 25.9 Å². The number of nitrogens with one attached hydrogen (secondary N) is 1. The number of methoxy groups -OCH3 is 1. The Kier molecular flexibility index (Phi) is 7.98. The van der Waals surface area contributed by atoms with Crippen molar-refractivity contribution in [3.63, 3.8) is 0 Å². The molecule has 206 valence electrons. The molecule has 2 N–H and O–H groups in total. The Bertz CT molecular complexity index is 1090. The van der Waals surface area contributed by atoms with Crippen molar-refractivity contribution in [2.24, 2.45) is 22.7 Å². The highest BCUT2D eigenvalue weighted by atomic mass is 16.7. The summed E-state index contributed by atoms with van der Waals surface area (Å²) >= 11 is 0. The standard InChI is InChI=1S/C31H41NO6/c1-30-16-15-27-31(2,20-37-29(38-27)19-36-22-10-5-4-6-11-22)26(30)14-13-24(33)23(30)17-28(34)32-18-21-9-7-8-12-25(21)35-3/h4-12,23-24,26-27,29,33H,13-20H2,1-3H3,(H,32,34)/t23-,24-,26-,27-,29-,30+,31+/m1/s1. The molecular weight excluding hydrogens is 482 g/mol. The van der Waals surface area contributed by atoms with Crippen molar-refractivity contribution < 1.29 is 28.8 Å². The zero-order valence-electron chi connectivity index (χ0n) is 22.7. The number of amides is 1. The van der Waals surface area contributed by atoms with Crippen LogP contribution in [0.15, 0.2) is 54.6 Å². The van der Waals surface area contributed by atoms with Crippen LogP contribution in [0.25, 0.3) is 0 Å². The maximum absolute atomic E-state index is 13.1. The molecule has 7 nitrogen and oxygen atoms in total. The molecule has 7 atom stereocenters. The minimum absolute atomic E-state index is 0.0385. The Hall–Kier alpha value is -2.61. The quantitative estimate of drug-likeness (QED) is 0.521. The van der Waals surface area contributed by atoms with Crippen LogP contribution in [0.2, 0.25) is 0 Å². The fraction of sp³-hybridized carbons (Fsp3) is 0.581. The number of aliphatic hydroxyl groups is 1. The van der Waals surface area contributed by atoms with Gasteiger partial charge < -0.3 is 29.4 Å². The molecule has 3 aliphatic rings. The van der Waals surface area contributed by atoms with E-state index in [0.717, 1.165) is 36.3 Å². The van der Waals surface area contributed by atoms with Crippen molar-refractivity contribution in [1.29, 1.82) is 0 Å². The highest BCUT2D eigenvalue weighted by Crippen LogP contribution is 2.62. The summed E-state index contributed by atoms with van der Waals surface area (Å²) in [6.07, 6.45) is 2.85. The van der Waals surface area contributed by atoms with Crippen molar-refractivity contribution >= 4 is 5.91 Å². The van der Waals surface area contributed by atoms with Crippen LogP contribution < -0.4 is 14.8 Å². The summed E-state index contributed by atoms with van der Waals surface area (Å²) in [7, 11) is 1.63. The summed E-state index contributed by atoms with van der Waals surface area (Å²) < 4.78 is 24.0. The molecule has 2 saturated carbocycles. The number of rotatable bonds is 8. The number of fused-ring (bicyclic) bond motifs is 3. The van der Waals surface area contributed by atoms with E-state index in [0.29, 0.717) is 38.5 Å². The summed E-state index contributed by atoms with van der Waals surface area (Å²) in [5, 5.41) is 14.2. The van der Waals surface area contributed by atoms with Gasteiger partial charge in [-0.25, -0.2) is 0 Å². The van der Waals surface area contributed by atoms with Crippen LogP contribution in [-0.2, 0) is 20.8 Å². The number of hydrogen-bond donors (Lipinski definition) is 2. The minimum atomic E-state index is -0.495. The second kappa shape index (κ2) is 11.2. The second-order valence-electron chi connectivity index (χ2n) is 11.6. The molecule has 2 aromatic carbocycles. The van der Waals surface area contributed by atoms with Gasteiger partial charge in [0.1, 0.15) is 18.1 Å². The van der Waals surface area contributed by atoms with Crippen LogP contribution in [0.5, 0.6) is 11.5 Å². The molecule has 2 aliphatic carbocycles. The van der Waals surface area contributed by atoms with Gasteiger partial charge in [-0.3, -0.25) is 4.79 Å². The van der Waals surface area contributed by atoms with Gasteiger partial charge in [0.15, 0.2) is 6.29 Å². The zero-order chi connectivity index (χ0) is 26.8. The normalized spacial score (nSPS) is 34.5. The van der Waals surface area contributed by atoms with E-state index in [4.69, 9.17) is 18.9 Å². The summed E-state index contributed by atoms with van der Waals surface area (Å²) in [6.45, 7) is 5.88. The molecule has 1 aliphatic heterocycles. The van der Waals surface area contributed by atoms with Crippen molar-refractivity contribution in [2.75, 3.05) is 20.3 Å². The van der Waals surface area contributed by atoms with E-state index in [-0.39, 0.29) is 28.8 Å². The first-order valence-corrected chi connectivity index (χ1v) is 13.8. The van der Waals surface area contributed by atoms with E-state index in [9.17, 15) is 9.90 Å². The molecule has 0 unspecified atom stereocenters. The fourth-order valence-corrected chi connectivity index (χ4v) is 7.37. The van der Waals surface area contributed by atoms with E-state index in [1.165, 1.54) is 0 Å². The van der Waals surface area contributed by atoms with Gasteiger partial charge in [-0.2, -0.15) is 0 Å². The predicted octanol–water partition coefficient (Wildman–Crippen LogP) is 4.72. The Morgan fingerprint density at radius 2 is 1.82 bits per heavy atom. The van der Waals surface area contributed by atoms with E-state index < -0.39 is 12.4 Å². The average Bonchev–Trinajstić information content (AvgIpc) is 2.93. The van der Waals surface area contributed by atoms with E-state index in [2.05, 4.69) is 19.2 Å². The van der Waals surface area contributed by atoms with Crippen molar-refractivity contribution in [3.05, 3.63) is 60.2 Å². The van der Waals surface area contributed by atoms with Gasteiger partial charge in [-0.1, -0.05) is 50.2 Å². The van der Waals surface area contributed by atoms with Crippen molar-refractivity contribution in [2.45, 2.75) is 71.0 Å². The maximum atomic E-state index is 13.1. The number of carbonyl (C=O) groups excluding carboxylic acids is 1. The van der Waals surface area contributed by atoms with Gasteiger partial charge >= 0.3 is 0 Å². The summed E-state index contributed by atoms with van der Waals surface area (Å²) in [4.78, 5) is 13.1. The lowest BCUT2D eigenvalue weighted by molar-refractivity contribution is -0.313. The number of para-hydroxylation sites is 2. The molecule has 7 heteroatoms. The summed E-state index contributed by atoms with van der Waals surface area (Å²) in [6, 6.07) is 17.4. The fourth-order valence-electron chi connectivity index (χ4n) is 7.37. The SMILES string of the molecule is COc1ccccc1CNC(=O)C[C@@H]1[C@H](O)CC[C@H]2[C@]3(C)CO[C@@H](COc4ccccc4)O[C@@H]3CC[C@]21C. The van der Waals surface area contributed by atoms with Gasteiger partial charge in [0.25, 0.3) is 0 Å². The first kappa shape index (κ1) is 27.0. The van der Waals surface area contributed by atoms with Crippen LogP contribution in [-0.4, -0.2) is 49.8 Å². The van der Waals surface area contributed by atoms with Crippen LogP contribution >= 0.6 is 0 Å². The number of aliphatic hydroxyl groups excluding tert-OH is 1. The van der Waals surface area contributed by atoms with Gasteiger partial charge in [0, 0.05) is 23.9 Å². The minimum Gasteiger partial charge on any atom is -0.496 e. The Balaban J connectivity index is 1.23. The Morgan fingerprint density at radius 1 is 1.05 bits per heavy atom. The van der Waals surface area contributed by atoms with Crippen LogP contribution in [0.4, 0.5) is 0 Å². The monoisotopic (exact) mass is 523 g/mol. The lowest BCUT2D eigenvalue weighted by atomic mass is 9.46. The van der Waals surface area contributed by atoms with Crippen molar-refractivity contribution in [1.82, 2.24) is 5.32 Å². The first-order chi connectivity index (χ1) is 18.3. The van der Waals surface area contributed by atoms with E-state index in [1.54, 1.807) is 7.11 Å². The van der Waals surface area contributed by atoms with E-state index >= 15 is 0 Å². The first-order valence-electron chi connectivity index (χ1n) is 13.8. The second-order valence-corrected chi connectivity index (χ2v) is 11.6. The molecule has 0 bridgehead atoms. The number of ether oxygens (including phenoxy) is 4. The highest BCUT2D eigenvalue weighted by Gasteiger charge is 2.61. The number of carbonyl (C=O) groups is 1. The van der Waals surface area contributed by atoms with Gasteiger partial charge in [-0.05, 0) is 61.1 Å². The molecule has 1 saturated heterocycles. The molecule has 1 heterocycles. The van der Waals surface area contributed by atoms with Gasteiger partial charge in [-0.15, -0.1) is 0 Å². The molecule has 3 fully saturated rings. The third kappa shape index (κ3) is 5.29. The zero-order valence-corrected chi connectivity index (χ0v) is 22.7. The smallest absolute Gasteiger partial charge is 0.220 e. The third-order valence-corrected chi connectivity index (χ3v) is 9.43. The maximum Gasteiger partial charge on any atom is 0.220 e. The van der Waals surface area contributed by atoms with Crippen molar-refractivity contribution in [3.8, 4) is 11.5 Å². The highest BCUT2D eigenvalue weighted by molar-refractivity contribution is 5.76. The number of benzene rings is 2. The lowest BCUT2D eigenvalue weighted by Gasteiger charge is -2.62. The number of hydrogen-bond acceptors (Lipinski definition) is 6. The molecule has 1 amide bonds. The molecule has 0 spiro atoms. The summed E-state index contributed by atoms with van der Waals surface area (Å²) in [5.41, 5.74) is 0.583. The molecule has 38 heavy (non-hydrogen) atoms. The molecular formula is C31H41NO6. The Morgan fingerprint density at radius 3 is 2.61 bits per heavy atom. The molecule has 5 rings (SSSR count). The molecule has 0 aromatic heterocycles. The van der Waals surface area contributed by atoms with E-state index in [1.807, 2.05) is 54.6 Å². The average molecular weight is 524 g/mol. The molecule has 2 aromatic rings. The summed E-state index contributed by atoms with van der Waals surface area (Å²) in [5.74, 6) is 1.70. The van der Waals surface area contributed by atoms with Crippen LogP contribution in [0.3, 0.4) is 0 Å². The Labute approximate surface area is 225 Å².